The van der Waals surface area contributed by atoms with Crippen LogP contribution in [-0.2, 0) is 0 Å². The summed E-state index contributed by atoms with van der Waals surface area (Å²) in [5, 5.41) is 13.4. The summed E-state index contributed by atoms with van der Waals surface area (Å²) < 4.78 is 5.95. The van der Waals surface area contributed by atoms with Gasteiger partial charge in [0.2, 0.25) is 5.89 Å². The molecule has 1 aliphatic rings. The van der Waals surface area contributed by atoms with Gasteiger partial charge >= 0.3 is 6.01 Å². The van der Waals surface area contributed by atoms with E-state index in [1.54, 1.807) is 6.07 Å². The van der Waals surface area contributed by atoms with Crippen LogP contribution >= 0.6 is 11.3 Å². The van der Waals surface area contributed by atoms with Crippen LogP contribution in [0.5, 0.6) is 0 Å². The van der Waals surface area contributed by atoms with E-state index in [9.17, 15) is 4.79 Å². The molecule has 0 radical (unpaired) electrons. The second-order valence-electron chi connectivity index (χ2n) is 6.27. The van der Waals surface area contributed by atoms with Crippen molar-refractivity contribution in [3.63, 3.8) is 0 Å². The van der Waals surface area contributed by atoms with E-state index >= 15 is 0 Å². The maximum Gasteiger partial charge on any atom is 0.318 e. The van der Waals surface area contributed by atoms with E-state index in [1.165, 1.54) is 17.8 Å². The van der Waals surface area contributed by atoms with Crippen LogP contribution in [0.3, 0.4) is 0 Å². The summed E-state index contributed by atoms with van der Waals surface area (Å²) >= 11 is 1.40. The SMILES string of the molecule is O=C(NC(c1ccccc1)c1nnc(N2CCCCC2)o1)c1cccs1. The lowest BCUT2D eigenvalue weighted by atomic mass is 10.1. The first-order valence-corrected chi connectivity index (χ1v) is 9.67. The minimum Gasteiger partial charge on any atom is -0.405 e. The number of hydrogen-bond donors (Lipinski definition) is 1. The fraction of sp³-hybridized carbons (Fsp3) is 0.316. The zero-order valence-corrected chi connectivity index (χ0v) is 15.1. The predicted octanol–water partition coefficient (Wildman–Crippen LogP) is 3.64. The van der Waals surface area contributed by atoms with Crippen LogP contribution in [0.25, 0.3) is 0 Å². The minimum absolute atomic E-state index is 0.147. The Bertz CT molecular complexity index is 842. The van der Waals surface area contributed by atoms with Gasteiger partial charge in [-0.25, -0.2) is 0 Å². The molecule has 1 atom stereocenters. The lowest BCUT2D eigenvalue weighted by Gasteiger charge is -2.24. The summed E-state index contributed by atoms with van der Waals surface area (Å²) in [6.07, 6.45) is 3.50. The van der Waals surface area contributed by atoms with Crippen LogP contribution in [-0.4, -0.2) is 29.2 Å². The highest BCUT2D eigenvalue weighted by Crippen LogP contribution is 2.26. The lowest BCUT2D eigenvalue weighted by Crippen LogP contribution is -2.30. The van der Waals surface area contributed by atoms with E-state index in [1.807, 2.05) is 41.8 Å². The third-order valence-corrected chi connectivity index (χ3v) is 5.33. The molecule has 134 valence electrons. The molecule has 1 unspecified atom stereocenters. The molecule has 7 heteroatoms. The minimum atomic E-state index is -0.475. The fourth-order valence-electron chi connectivity index (χ4n) is 3.10. The van der Waals surface area contributed by atoms with E-state index < -0.39 is 6.04 Å². The molecule has 1 saturated heterocycles. The number of hydrogen-bond acceptors (Lipinski definition) is 6. The highest BCUT2D eigenvalue weighted by atomic mass is 32.1. The summed E-state index contributed by atoms with van der Waals surface area (Å²) in [4.78, 5) is 15.3. The van der Waals surface area contributed by atoms with Gasteiger partial charge in [0.25, 0.3) is 5.91 Å². The number of nitrogens with zero attached hydrogens (tertiary/aromatic N) is 3. The van der Waals surface area contributed by atoms with Crippen LogP contribution < -0.4 is 10.2 Å². The van der Waals surface area contributed by atoms with Crippen LogP contribution in [0, 0.1) is 0 Å². The number of carbonyl (C=O) groups excluding carboxylic acids is 1. The molecule has 3 heterocycles. The summed E-state index contributed by atoms with van der Waals surface area (Å²) in [6, 6.07) is 13.4. The zero-order chi connectivity index (χ0) is 17.8. The van der Waals surface area contributed by atoms with Crippen molar-refractivity contribution in [2.45, 2.75) is 25.3 Å². The number of piperidine rings is 1. The van der Waals surface area contributed by atoms with Crippen LogP contribution in [0.15, 0.2) is 52.3 Å². The van der Waals surface area contributed by atoms with E-state index in [0.29, 0.717) is 16.8 Å². The fourth-order valence-corrected chi connectivity index (χ4v) is 3.73. The molecule has 1 fully saturated rings. The maximum absolute atomic E-state index is 12.6. The summed E-state index contributed by atoms with van der Waals surface area (Å²) in [5.41, 5.74) is 0.909. The average molecular weight is 368 g/mol. The van der Waals surface area contributed by atoms with Crippen molar-refractivity contribution >= 4 is 23.3 Å². The number of anilines is 1. The molecule has 1 amide bonds. The average Bonchev–Trinajstić information content (AvgIpc) is 3.39. The number of amides is 1. The molecule has 3 aromatic rings. The van der Waals surface area contributed by atoms with Gasteiger partial charge in [0.05, 0.1) is 4.88 Å². The second-order valence-corrected chi connectivity index (χ2v) is 7.21. The Kier molecular flexibility index (Phi) is 4.97. The van der Waals surface area contributed by atoms with Gasteiger partial charge in [-0.2, -0.15) is 0 Å². The molecular formula is C19H20N4O2S. The number of benzene rings is 1. The number of thiophene rings is 1. The Morgan fingerprint density at radius 2 is 1.88 bits per heavy atom. The lowest BCUT2D eigenvalue weighted by molar-refractivity contribution is 0.0942. The topological polar surface area (TPSA) is 71.3 Å². The first kappa shape index (κ1) is 16.8. The van der Waals surface area contributed by atoms with Crippen molar-refractivity contribution in [2.24, 2.45) is 0 Å². The Morgan fingerprint density at radius 1 is 1.08 bits per heavy atom. The Labute approximate surface area is 155 Å². The van der Waals surface area contributed by atoms with E-state index in [0.717, 1.165) is 31.5 Å². The Balaban J connectivity index is 1.60. The summed E-state index contributed by atoms with van der Waals surface area (Å²) in [6.45, 7) is 1.86. The van der Waals surface area contributed by atoms with Crippen molar-refractivity contribution in [1.29, 1.82) is 0 Å². The Hall–Kier alpha value is -2.67. The van der Waals surface area contributed by atoms with E-state index in [-0.39, 0.29) is 5.91 Å². The molecule has 4 rings (SSSR count). The van der Waals surface area contributed by atoms with Crippen molar-refractivity contribution in [3.05, 3.63) is 64.2 Å². The maximum atomic E-state index is 12.6. The quantitative estimate of drug-likeness (QED) is 0.744. The van der Waals surface area contributed by atoms with Crippen LogP contribution in [0.2, 0.25) is 0 Å². The molecule has 6 nitrogen and oxygen atoms in total. The number of aromatic nitrogens is 2. The number of carbonyl (C=O) groups is 1. The molecule has 1 aliphatic heterocycles. The molecule has 1 aromatic carbocycles. The van der Waals surface area contributed by atoms with E-state index in [2.05, 4.69) is 20.4 Å². The largest absolute Gasteiger partial charge is 0.405 e. The first-order chi connectivity index (χ1) is 12.8. The standard InChI is InChI=1S/C19H20N4O2S/c24-17(15-10-7-13-26-15)20-16(14-8-3-1-4-9-14)18-21-22-19(25-18)23-11-5-2-6-12-23/h1,3-4,7-10,13,16H,2,5-6,11-12H2,(H,20,24). The van der Waals surface area contributed by atoms with Crippen molar-refractivity contribution in [3.8, 4) is 0 Å². The third kappa shape index (κ3) is 3.62. The normalized spacial score (nSPS) is 15.6. The summed E-state index contributed by atoms with van der Waals surface area (Å²) in [5.74, 6) is 0.258. The molecule has 1 N–H and O–H groups in total. The van der Waals surface area contributed by atoms with Crippen molar-refractivity contribution < 1.29 is 9.21 Å². The smallest absolute Gasteiger partial charge is 0.318 e. The monoisotopic (exact) mass is 368 g/mol. The second kappa shape index (κ2) is 7.70. The molecule has 0 spiro atoms. The predicted molar refractivity (Wildman–Crippen MR) is 100 cm³/mol. The van der Waals surface area contributed by atoms with Gasteiger partial charge in [0, 0.05) is 13.1 Å². The zero-order valence-electron chi connectivity index (χ0n) is 14.3. The Morgan fingerprint density at radius 3 is 2.62 bits per heavy atom. The van der Waals surface area contributed by atoms with Crippen molar-refractivity contribution in [2.75, 3.05) is 18.0 Å². The molecule has 0 aliphatic carbocycles. The highest BCUT2D eigenvalue weighted by molar-refractivity contribution is 7.12. The molecule has 0 bridgehead atoms. The van der Waals surface area contributed by atoms with Crippen molar-refractivity contribution in [1.82, 2.24) is 15.5 Å². The van der Waals surface area contributed by atoms with Gasteiger partial charge in [0.1, 0.15) is 6.04 Å². The number of nitrogens with one attached hydrogen (secondary N) is 1. The van der Waals surface area contributed by atoms with Crippen LogP contribution in [0.4, 0.5) is 6.01 Å². The molecule has 0 saturated carbocycles. The van der Waals surface area contributed by atoms with Gasteiger partial charge in [-0.05, 0) is 36.3 Å². The molecular weight excluding hydrogens is 348 g/mol. The first-order valence-electron chi connectivity index (χ1n) is 8.79. The number of rotatable bonds is 5. The van der Waals surface area contributed by atoms with E-state index in [4.69, 9.17) is 4.42 Å². The summed E-state index contributed by atoms with van der Waals surface area (Å²) in [7, 11) is 0. The molecule has 2 aromatic heterocycles. The van der Waals surface area contributed by atoms with Gasteiger partial charge in [-0.1, -0.05) is 41.5 Å². The van der Waals surface area contributed by atoms with Gasteiger partial charge in [-0.15, -0.1) is 16.4 Å². The highest BCUT2D eigenvalue weighted by Gasteiger charge is 2.25. The van der Waals surface area contributed by atoms with Gasteiger partial charge < -0.3 is 14.6 Å². The third-order valence-electron chi connectivity index (χ3n) is 4.46. The van der Waals surface area contributed by atoms with Gasteiger partial charge in [0.15, 0.2) is 0 Å². The molecule has 26 heavy (non-hydrogen) atoms. The van der Waals surface area contributed by atoms with Gasteiger partial charge in [-0.3, -0.25) is 4.79 Å². The van der Waals surface area contributed by atoms with Crippen LogP contribution in [0.1, 0.15) is 46.4 Å².